The van der Waals surface area contributed by atoms with Crippen molar-refractivity contribution in [2.75, 3.05) is 6.54 Å². The van der Waals surface area contributed by atoms with Crippen LogP contribution in [0.3, 0.4) is 0 Å². The van der Waals surface area contributed by atoms with Gasteiger partial charge < -0.3 is 9.84 Å². The summed E-state index contributed by atoms with van der Waals surface area (Å²) in [7, 11) is 5.09. The van der Waals surface area contributed by atoms with E-state index in [4.69, 9.17) is 4.52 Å². The third-order valence-electron chi connectivity index (χ3n) is 2.70. The lowest BCUT2D eigenvalue weighted by molar-refractivity contribution is 0.0955. The first-order valence-corrected chi connectivity index (χ1v) is 7.48. The zero-order valence-electron chi connectivity index (χ0n) is 11.7. The maximum absolute atomic E-state index is 14.1. The molecule has 0 spiro atoms. The van der Waals surface area contributed by atoms with E-state index in [0.717, 1.165) is 6.07 Å². The molecule has 112 valence electrons. The number of rotatable bonds is 4. The Bertz CT molecular complexity index is 668. The lowest BCUT2D eigenvalue weighted by Crippen LogP contribution is -2.22. The smallest absolute Gasteiger partial charge is 0.251 e. The van der Waals surface area contributed by atoms with Crippen LogP contribution in [-0.4, -0.2) is 22.6 Å². The molecule has 0 fully saturated rings. The molecule has 1 heterocycles. The van der Waals surface area contributed by atoms with Crippen molar-refractivity contribution >= 4 is 24.4 Å². The van der Waals surface area contributed by atoms with Gasteiger partial charge in [0.15, 0.2) is 0 Å². The van der Waals surface area contributed by atoms with Crippen LogP contribution in [0.25, 0.3) is 11.4 Å². The van der Waals surface area contributed by atoms with Crippen LogP contribution in [0.15, 0.2) is 22.7 Å². The highest BCUT2D eigenvalue weighted by atomic mass is 31.1. The molecule has 8 heteroatoms. The van der Waals surface area contributed by atoms with Crippen molar-refractivity contribution in [1.29, 1.82) is 0 Å². The topological polar surface area (TPSA) is 68.0 Å². The average molecular weight is 327 g/mol. The second-order valence-corrected chi connectivity index (χ2v) is 7.83. The number of nitrogens with one attached hydrogen (secondary N) is 1. The summed E-state index contributed by atoms with van der Waals surface area (Å²) < 4.78 is 19.2. The number of carbonyl (C=O) groups is 1. The maximum atomic E-state index is 14.1. The summed E-state index contributed by atoms with van der Waals surface area (Å²) >= 11 is 0. The van der Waals surface area contributed by atoms with E-state index in [0.29, 0.717) is 12.4 Å². The van der Waals surface area contributed by atoms with Gasteiger partial charge in [-0.2, -0.15) is 4.98 Å². The Labute approximate surface area is 126 Å². The predicted molar refractivity (Wildman–Crippen MR) is 84.5 cm³/mol. The van der Waals surface area contributed by atoms with Gasteiger partial charge in [-0.1, -0.05) is 5.16 Å². The molecular formula is C13H16FN3O2P2. The molecule has 0 bridgehead atoms. The minimum Gasteiger partial charge on any atom is -0.352 e. The Balaban J connectivity index is 2.33. The third-order valence-corrected chi connectivity index (χ3v) is 3.19. The van der Waals surface area contributed by atoms with Crippen LogP contribution >= 0.6 is 18.5 Å². The Morgan fingerprint density at radius 2 is 2.19 bits per heavy atom. The van der Waals surface area contributed by atoms with Crippen LogP contribution in [0.1, 0.15) is 30.1 Å². The van der Waals surface area contributed by atoms with Crippen molar-refractivity contribution in [2.24, 2.45) is 0 Å². The molecule has 0 saturated carbocycles. The van der Waals surface area contributed by atoms with Crippen LogP contribution in [0, 0.1) is 5.82 Å². The minimum atomic E-state index is -0.569. The lowest BCUT2D eigenvalue weighted by atomic mass is 10.1. The summed E-state index contributed by atoms with van der Waals surface area (Å²) in [6.45, 7) is 4.14. The Morgan fingerprint density at radius 3 is 2.71 bits per heavy atom. The fourth-order valence-corrected chi connectivity index (χ4v) is 1.89. The Morgan fingerprint density at radius 1 is 1.48 bits per heavy atom. The molecule has 0 aliphatic carbocycles. The molecule has 2 rings (SSSR count). The number of nitrogens with zero attached hydrogens (tertiary/aromatic N) is 2. The first-order chi connectivity index (χ1) is 9.82. The minimum absolute atomic E-state index is 0.154. The molecule has 1 aromatic heterocycles. The summed E-state index contributed by atoms with van der Waals surface area (Å²) in [5.74, 6) is -0.375. The van der Waals surface area contributed by atoms with Gasteiger partial charge in [0, 0.05) is 12.1 Å². The summed E-state index contributed by atoms with van der Waals surface area (Å²) in [6.07, 6.45) is 0. The predicted octanol–water partition coefficient (Wildman–Crippen LogP) is 2.55. The zero-order chi connectivity index (χ0) is 15.6. The fraction of sp³-hybridized carbons (Fsp3) is 0.308. The summed E-state index contributed by atoms with van der Waals surface area (Å²) in [4.78, 5) is 15.3. The van der Waals surface area contributed by atoms with E-state index in [1.165, 1.54) is 12.1 Å². The molecule has 2 unspecified atom stereocenters. The molecule has 2 atom stereocenters. The average Bonchev–Trinajstić information content (AvgIpc) is 2.88. The SMILES string of the molecule is CCNC(=O)c1ccc(-c2noc(C(C)(P)P)n2)c(F)c1. The molecule has 0 aliphatic heterocycles. The Kier molecular flexibility index (Phi) is 4.70. The van der Waals surface area contributed by atoms with Crippen molar-refractivity contribution in [1.82, 2.24) is 15.5 Å². The molecule has 21 heavy (non-hydrogen) atoms. The van der Waals surface area contributed by atoms with Gasteiger partial charge in [-0.05, 0) is 32.0 Å². The molecule has 1 aromatic carbocycles. The van der Waals surface area contributed by atoms with E-state index in [2.05, 4.69) is 33.9 Å². The van der Waals surface area contributed by atoms with Gasteiger partial charge in [-0.3, -0.25) is 4.79 Å². The van der Waals surface area contributed by atoms with E-state index in [9.17, 15) is 9.18 Å². The molecule has 0 saturated heterocycles. The van der Waals surface area contributed by atoms with E-state index in [-0.39, 0.29) is 22.9 Å². The second kappa shape index (κ2) is 6.17. The van der Waals surface area contributed by atoms with Crippen molar-refractivity contribution in [2.45, 2.75) is 18.7 Å². The van der Waals surface area contributed by atoms with Gasteiger partial charge in [0.1, 0.15) is 5.82 Å². The highest BCUT2D eigenvalue weighted by molar-refractivity contribution is 7.38. The molecule has 0 radical (unpaired) electrons. The number of aromatic nitrogens is 2. The first-order valence-electron chi connectivity index (χ1n) is 6.33. The van der Waals surface area contributed by atoms with E-state index in [1.54, 1.807) is 6.92 Å². The molecule has 5 nitrogen and oxygen atoms in total. The number of amides is 1. The van der Waals surface area contributed by atoms with Gasteiger partial charge in [-0.25, -0.2) is 4.39 Å². The van der Waals surface area contributed by atoms with E-state index >= 15 is 0 Å². The monoisotopic (exact) mass is 327 g/mol. The molecule has 2 aromatic rings. The first kappa shape index (κ1) is 16.0. The largest absolute Gasteiger partial charge is 0.352 e. The van der Waals surface area contributed by atoms with Gasteiger partial charge in [-0.15, -0.1) is 18.5 Å². The zero-order valence-corrected chi connectivity index (χ0v) is 14.0. The van der Waals surface area contributed by atoms with Gasteiger partial charge >= 0.3 is 0 Å². The number of hydrogen-bond acceptors (Lipinski definition) is 4. The lowest BCUT2D eigenvalue weighted by Gasteiger charge is -2.10. The fourth-order valence-electron chi connectivity index (χ4n) is 1.65. The van der Waals surface area contributed by atoms with E-state index in [1.807, 2.05) is 6.92 Å². The van der Waals surface area contributed by atoms with Crippen molar-refractivity contribution in [3.05, 3.63) is 35.5 Å². The van der Waals surface area contributed by atoms with Gasteiger partial charge in [0.05, 0.1) is 10.5 Å². The number of carbonyl (C=O) groups excluding carboxylic acids is 1. The highest BCUT2D eigenvalue weighted by Crippen LogP contribution is 2.37. The van der Waals surface area contributed by atoms with Crippen molar-refractivity contribution in [3.8, 4) is 11.4 Å². The normalized spacial score (nSPS) is 11.5. The Hall–Kier alpha value is -1.38. The molecule has 1 N–H and O–H groups in total. The van der Waals surface area contributed by atoms with Crippen LogP contribution in [0.5, 0.6) is 0 Å². The van der Waals surface area contributed by atoms with Crippen LogP contribution in [0.4, 0.5) is 4.39 Å². The molecule has 0 aliphatic rings. The summed E-state index contributed by atoms with van der Waals surface area (Å²) in [5.41, 5.74) is 0.445. The highest BCUT2D eigenvalue weighted by Gasteiger charge is 2.23. The van der Waals surface area contributed by atoms with Gasteiger partial charge in [0.25, 0.3) is 5.91 Å². The van der Waals surface area contributed by atoms with Crippen molar-refractivity contribution in [3.63, 3.8) is 0 Å². The van der Waals surface area contributed by atoms with Crippen molar-refractivity contribution < 1.29 is 13.7 Å². The summed E-state index contributed by atoms with van der Waals surface area (Å²) in [5, 5.41) is 6.38. The summed E-state index contributed by atoms with van der Waals surface area (Å²) in [6, 6.07) is 4.16. The number of benzene rings is 1. The van der Waals surface area contributed by atoms with Crippen LogP contribution in [0.2, 0.25) is 0 Å². The maximum Gasteiger partial charge on any atom is 0.251 e. The molecule has 1 amide bonds. The molecular weight excluding hydrogens is 311 g/mol. The van der Waals surface area contributed by atoms with E-state index < -0.39 is 10.7 Å². The standard InChI is InChI=1S/C13H16FN3O2P2/c1-3-15-11(18)7-4-5-8(9(14)6-7)10-16-12(19-17-10)13(2,20)21/h4-6H,3,20-21H2,1-2H3,(H,15,18). The quantitative estimate of drug-likeness (QED) is 0.877. The van der Waals surface area contributed by atoms with Crippen LogP contribution < -0.4 is 5.32 Å². The third kappa shape index (κ3) is 3.63. The second-order valence-electron chi connectivity index (χ2n) is 4.76. The number of halogens is 1. The number of hydrogen-bond donors (Lipinski definition) is 1. The van der Waals surface area contributed by atoms with Crippen LogP contribution in [-0.2, 0) is 4.90 Å². The van der Waals surface area contributed by atoms with Gasteiger partial charge in [0.2, 0.25) is 11.7 Å².